The summed E-state index contributed by atoms with van der Waals surface area (Å²) in [6.07, 6.45) is 0. The molecule has 0 radical (unpaired) electrons. The third-order valence-corrected chi connectivity index (χ3v) is 2.53. The second-order valence-corrected chi connectivity index (χ2v) is 4.21. The molecule has 3 N–H and O–H groups in total. The molecule has 1 aromatic carbocycles. The van der Waals surface area contributed by atoms with E-state index in [2.05, 4.69) is 13.8 Å². The van der Waals surface area contributed by atoms with Crippen LogP contribution in [0.4, 0.5) is 0 Å². The summed E-state index contributed by atoms with van der Waals surface area (Å²) in [5.41, 5.74) is 9.00. The smallest absolute Gasteiger partial charge is 0.119 e. The van der Waals surface area contributed by atoms with Crippen LogP contribution in [0.1, 0.15) is 49.4 Å². The number of nitrogens with two attached hydrogens (primary N) is 1. The predicted octanol–water partition coefficient (Wildman–Crippen LogP) is 2.84. The Labute approximate surface area is 85.8 Å². The molecule has 0 aliphatic rings. The van der Waals surface area contributed by atoms with Gasteiger partial charge in [0, 0.05) is 6.04 Å². The largest absolute Gasteiger partial charge is 0.508 e. The van der Waals surface area contributed by atoms with Gasteiger partial charge < -0.3 is 10.8 Å². The number of rotatable bonds is 2. The Morgan fingerprint density at radius 3 is 2.14 bits per heavy atom. The molecule has 0 fully saturated rings. The van der Waals surface area contributed by atoms with Gasteiger partial charge >= 0.3 is 0 Å². The van der Waals surface area contributed by atoms with Gasteiger partial charge in [-0.3, -0.25) is 0 Å². The van der Waals surface area contributed by atoms with Crippen molar-refractivity contribution >= 4 is 0 Å². The van der Waals surface area contributed by atoms with Gasteiger partial charge in [-0.2, -0.15) is 0 Å². The normalized spacial score (nSPS) is 13.3. The number of benzene rings is 1. The summed E-state index contributed by atoms with van der Waals surface area (Å²) < 4.78 is 0. The van der Waals surface area contributed by atoms with E-state index in [4.69, 9.17) is 5.73 Å². The summed E-state index contributed by atoms with van der Waals surface area (Å²) in [6, 6.07) is 3.83. The minimum Gasteiger partial charge on any atom is -0.508 e. The van der Waals surface area contributed by atoms with E-state index in [1.54, 1.807) is 6.07 Å². The van der Waals surface area contributed by atoms with Crippen LogP contribution >= 0.6 is 0 Å². The SMILES string of the molecule is Cc1cc(O)c(C(C)C)cc1C(C)N. The maximum absolute atomic E-state index is 9.73. The van der Waals surface area contributed by atoms with Gasteiger partial charge in [-0.15, -0.1) is 0 Å². The highest BCUT2D eigenvalue weighted by Gasteiger charge is 2.11. The standard InChI is InChI=1S/C12H19NO/c1-7(2)10-6-11(9(4)13)8(3)5-12(10)14/h5-7,9,14H,13H2,1-4H3. The molecule has 0 aromatic heterocycles. The molecule has 2 nitrogen and oxygen atoms in total. The van der Waals surface area contributed by atoms with Gasteiger partial charge in [0.2, 0.25) is 0 Å². The number of phenolic OH excluding ortho intramolecular Hbond substituents is 1. The molecule has 0 heterocycles. The zero-order valence-electron chi connectivity index (χ0n) is 9.33. The summed E-state index contributed by atoms with van der Waals surface area (Å²) in [5.74, 6) is 0.704. The molecular formula is C12H19NO. The highest BCUT2D eigenvalue weighted by atomic mass is 16.3. The molecule has 0 saturated carbocycles. The maximum Gasteiger partial charge on any atom is 0.119 e. The van der Waals surface area contributed by atoms with Crippen molar-refractivity contribution in [1.29, 1.82) is 0 Å². The van der Waals surface area contributed by atoms with Crippen molar-refractivity contribution in [3.05, 3.63) is 28.8 Å². The van der Waals surface area contributed by atoms with E-state index in [-0.39, 0.29) is 6.04 Å². The van der Waals surface area contributed by atoms with Crippen molar-refractivity contribution in [2.24, 2.45) is 5.73 Å². The monoisotopic (exact) mass is 193 g/mol. The zero-order chi connectivity index (χ0) is 10.9. The molecule has 0 bridgehead atoms. The summed E-state index contributed by atoms with van der Waals surface area (Å²) in [5, 5.41) is 9.73. The molecule has 0 aliphatic heterocycles. The van der Waals surface area contributed by atoms with E-state index >= 15 is 0 Å². The maximum atomic E-state index is 9.73. The highest BCUT2D eigenvalue weighted by molar-refractivity contribution is 5.43. The van der Waals surface area contributed by atoms with Crippen LogP contribution in [0.5, 0.6) is 5.75 Å². The van der Waals surface area contributed by atoms with Gasteiger partial charge in [0.05, 0.1) is 0 Å². The lowest BCUT2D eigenvalue weighted by Gasteiger charge is -2.15. The van der Waals surface area contributed by atoms with Crippen LogP contribution in [0, 0.1) is 6.92 Å². The first-order valence-corrected chi connectivity index (χ1v) is 5.02. The van der Waals surface area contributed by atoms with Gasteiger partial charge in [-0.1, -0.05) is 19.9 Å². The first kappa shape index (κ1) is 11.1. The first-order valence-electron chi connectivity index (χ1n) is 5.02. The summed E-state index contributed by atoms with van der Waals surface area (Å²) in [4.78, 5) is 0. The second kappa shape index (κ2) is 4.01. The van der Waals surface area contributed by atoms with Crippen LogP contribution in [0.25, 0.3) is 0 Å². The molecule has 0 spiro atoms. The average molecular weight is 193 g/mol. The van der Waals surface area contributed by atoms with Crippen molar-refractivity contribution in [2.45, 2.75) is 39.7 Å². The van der Waals surface area contributed by atoms with Gasteiger partial charge in [0.1, 0.15) is 5.75 Å². The van der Waals surface area contributed by atoms with E-state index in [0.717, 1.165) is 16.7 Å². The predicted molar refractivity (Wildman–Crippen MR) is 59.5 cm³/mol. The van der Waals surface area contributed by atoms with E-state index < -0.39 is 0 Å². The topological polar surface area (TPSA) is 46.2 Å². The van der Waals surface area contributed by atoms with Crippen LogP contribution < -0.4 is 5.73 Å². The fraction of sp³-hybridized carbons (Fsp3) is 0.500. The molecule has 1 unspecified atom stereocenters. The number of hydrogen-bond donors (Lipinski definition) is 2. The highest BCUT2D eigenvalue weighted by Crippen LogP contribution is 2.30. The molecule has 14 heavy (non-hydrogen) atoms. The van der Waals surface area contributed by atoms with E-state index in [1.807, 2.05) is 19.9 Å². The van der Waals surface area contributed by atoms with Gasteiger partial charge in [-0.25, -0.2) is 0 Å². The lowest BCUT2D eigenvalue weighted by molar-refractivity contribution is 0.463. The Bertz CT molecular complexity index is 300. The molecule has 1 aromatic rings. The fourth-order valence-corrected chi connectivity index (χ4v) is 1.68. The van der Waals surface area contributed by atoms with Crippen LogP contribution in [-0.2, 0) is 0 Å². The first-order chi connectivity index (χ1) is 6.43. The van der Waals surface area contributed by atoms with E-state index in [0.29, 0.717) is 11.7 Å². The third-order valence-electron chi connectivity index (χ3n) is 2.53. The summed E-state index contributed by atoms with van der Waals surface area (Å²) in [6.45, 7) is 8.07. The lowest BCUT2D eigenvalue weighted by Crippen LogP contribution is -2.08. The average Bonchev–Trinajstić information content (AvgIpc) is 2.02. The van der Waals surface area contributed by atoms with Gasteiger partial charge in [0.25, 0.3) is 0 Å². The van der Waals surface area contributed by atoms with E-state index in [9.17, 15) is 5.11 Å². The summed E-state index contributed by atoms with van der Waals surface area (Å²) in [7, 11) is 0. The summed E-state index contributed by atoms with van der Waals surface area (Å²) >= 11 is 0. The number of aryl methyl sites for hydroxylation is 1. The zero-order valence-corrected chi connectivity index (χ0v) is 9.33. The Morgan fingerprint density at radius 2 is 1.71 bits per heavy atom. The van der Waals surface area contributed by atoms with Crippen molar-refractivity contribution in [3.8, 4) is 5.75 Å². The molecule has 2 heteroatoms. The minimum absolute atomic E-state index is 0.0214. The Balaban J connectivity index is 3.27. The fourth-order valence-electron chi connectivity index (χ4n) is 1.68. The third kappa shape index (κ3) is 2.07. The molecule has 0 aliphatic carbocycles. The van der Waals surface area contributed by atoms with Crippen molar-refractivity contribution in [2.75, 3.05) is 0 Å². The number of phenols is 1. The minimum atomic E-state index is 0.0214. The van der Waals surface area contributed by atoms with Crippen molar-refractivity contribution in [3.63, 3.8) is 0 Å². The molecule has 78 valence electrons. The molecule has 0 amide bonds. The second-order valence-electron chi connectivity index (χ2n) is 4.21. The Hall–Kier alpha value is -1.02. The van der Waals surface area contributed by atoms with Gasteiger partial charge in [-0.05, 0) is 42.5 Å². The Kier molecular flexibility index (Phi) is 3.17. The quantitative estimate of drug-likeness (QED) is 0.758. The van der Waals surface area contributed by atoms with Crippen LogP contribution in [0.3, 0.4) is 0 Å². The van der Waals surface area contributed by atoms with Crippen molar-refractivity contribution < 1.29 is 5.11 Å². The van der Waals surface area contributed by atoms with Gasteiger partial charge in [0.15, 0.2) is 0 Å². The van der Waals surface area contributed by atoms with Crippen LogP contribution in [0.2, 0.25) is 0 Å². The van der Waals surface area contributed by atoms with Crippen molar-refractivity contribution in [1.82, 2.24) is 0 Å². The number of aromatic hydroxyl groups is 1. The molecule has 1 rings (SSSR count). The van der Waals surface area contributed by atoms with E-state index in [1.165, 1.54) is 0 Å². The molecule has 1 atom stereocenters. The Morgan fingerprint density at radius 1 is 1.14 bits per heavy atom. The molecular weight excluding hydrogens is 174 g/mol. The molecule has 0 saturated heterocycles. The lowest BCUT2D eigenvalue weighted by atomic mass is 9.94. The van der Waals surface area contributed by atoms with Crippen LogP contribution in [-0.4, -0.2) is 5.11 Å². The number of hydrogen-bond acceptors (Lipinski definition) is 2. The van der Waals surface area contributed by atoms with Crippen LogP contribution in [0.15, 0.2) is 12.1 Å².